The van der Waals surface area contributed by atoms with Gasteiger partial charge in [0.25, 0.3) is 11.8 Å². The quantitative estimate of drug-likeness (QED) is 0.446. The number of anilines is 1. The van der Waals surface area contributed by atoms with Gasteiger partial charge in [0.2, 0.25) is 0 Å². The Labute approximate surface area is 177 Å². The smallest absolute Gasteiger partial charge is 0.279 e. The van der Waals surface area contributed by atoms with E-state index in [1.165, 1.54) is 9.80 Å². The van der Waals surface area contributed by atoms with Crippen LogP contribution in [0.15, 0.2) is 30.3 Å². The van der Waals surface area contributed by atoms with E-state index in [0.717, 1.165) is 61.8 Å². The van der Waals surface area contributed by atoms with Crippen molar-refractivity contribution in [1.82, 2.24) is 15.1 Å². The molecule has 1 saturated heterocycles. The van der Waals surface area contributed by atoms with Crippen LogP contribution in [0.1, 0.15) is 24.2 Å². The van der Waals surface area contributed by atoms with Crippen LogP contribution in [-0.2, 0) is 9.59 Å². The van der Waals surface area contributed by atoms with Gasteiger partial charge in [-0.25, -0.2) is 4.68 Å². The normalized spacial score (nSPS) is 21.3. The molecule has 8 nitrogen and oxygen atoms in total. The van der Waals surface area contributed by atoms with Gasteiger partial charge < -0.3 is 20.4 Å². The van der Waals surface area contributed by atoms with E-state index in [4.69, 9.17) is 0 Å². The predicted octanol–water partition coefficient (Wildman–Crippen LogP) is -1.51. The lowest BCUT2D eigenvalue weighted by atomic mass is 10.2. The molecule has 1 aromatic carbocycles. The number of aromatic nitrogens is 2. The molecule has 2 aromatic rings. The number of piperazine rings is 1. The summed E-state index contributed by atoms with van der Waals surface area (Å²) in [5.41, 5.74) is 3.52. The van der Waals surface area contributed by atoms with Crippen molar-refractivity contribution in [3.8, 4) is 5.69 Å². The predicted molar refractivity (Wildman–Crippen MR) is 114 cm³/mol. The van der Waals surface area contributed by atoms with Crippen molar-refractivity contribution in [2.45, 2.75) is 32.7 Å². The van der Waals surface area contributed by atoms with Gasteiger partial charge in [-0.05, 0) is 38.8 Å². The highest BCUT2D eigenvalue weighted by Crippen LogP contribution is 2.22. The molecule has 0 spiro atoms. The van der Waals surface area contributed by atoms with Gasteiger partial charge in [0.1, 0.15) is 26.2 Å². The van der Waals surface area contributed by atoms with E-state index in [2.05, 4.69) is 15.7 Å². The highest BCUT2D eigenvalue weighted by Gasteiger charge is 2.29. The van der Waals surface area contributed by atoms with E-state index < -0.39 is 0 Å². The summed E-state index contributed by atoms with van der Waals surface area (Å²) in [6, 6.07) is 10.4. The fourth-order valence-corrected chi connectivity index (χ4v) is 4.10. The maximum Gasteiger partial charge on any atom is 0.279 e. The number of rotatable bonds is 7. The van der Waals surface area contributed by atoms with E-state index in [1.807, 2.05) is 48.9 Å². The van der Waals surface area contributed by atoms with Crippen LogP contribution < -0.4 is 20.4 Å². The summed E-state index contributed by atoms with van der Waals surface area (Å²) in [6.45, 7) is 8.54. The maximum atomic E-state index is 12.7. The number of para-hydroxylation sites is 1. The lowest BCUT2D eigenvalue weighted by Crippen LogP contribution is -3.28. The number of nitrogens with one attached hydrogen (secondary N) is 4. The van der Waals surface area contributed by atoms with Gasteiger partial charge in [0.05, 0.1) is 22.8 Å². The molecule has 2 fully saturated rings. The zero-order chi connectivity index (χ0) is 21.1. The summed E-state index contributed by atoms with van der Waals surface area (Å²) in [7, 11) is 0. The molecule has 0 atom stereocenters. The third-order valence-electron chi connectivity index (χ3n) is 5.98. The summed E-state index contributed by atoms with van der Waals surface area (Å²) >= 11 is 0. The molecule has 160 valence electrons. The molecule has 2 aliphatic rings. The van der Waals surface area contributed by atoms with Gasteiger partial charge in [-0.2, -0.15) is 5.10 Å². The van der Waals surface area contributed by atoms with Crippen molar-refractivity contribution >= 4 is 17.5 Å². The van der Waals surface area contributed by atoms with Crippen LogP contribution >= 0.6 is 0 Å². The standard InChI is InChI=1S/C22H30N6O2/c1-16-22(17(2)28(25-16)19-6-4-3-5-7-19)24-21(30)15-27-12-10-26(11-13-27)14-20(29)23-18-8-9-18/h3-7,18H,8-15H2,1-2H3,(H,23,29)(H,24,30)/p+2. The molecule has 0 unspecified atom stereocenters. The highest BCUT2D eigenvalue weighted by atomic mass is 16.2. The van der Waals surface area contributed by atoms with Gasteiger partial charge >= 0.3 is 0 Å². The van der Waals surface area contributed by atoms with E-state index in [0.29, 0.717) is 19.1 Å². The lowest BCUT2D eigenvalue weighted by Gasteiger charge is -2.29. The average molecular weight is 413 g/mol. The second-order valence-corrected chi connectivity index (χ2v) is 8.54. The molecule has 30 heavy (non-hydrogen) atoms. The van der Waals surface area contributed by atoms with Gasteiger partial charge in [0, 0.05) is 6.04 Å². The van der Waals surface area contributed by atoms with E-state index in [1.54, 1.807) is 0 Å². The Kier molecular flexibility index (Phi) is 6.15. The van der Waals surface area contributed by atoms with Crippen molar-refractivity contribution in [3.05, 3.63) is 41.7 Å². The molecule has 1 aliphatic heterocycles. The van der Waals surface area contributed by atoms with Crippen molar-refractivity contribution < 1.29 is 19.4 Å². The Balaban J connectivity index is 1.27. The molecule has 4 N–H and O–H groups in total. The van der Waals surface area contributed by atoms with Crippen molar-refractivity contribution in [2.75, 3.05) is 44.6 Å². The third-order valence-corrected chi connectivity index (χ3v) is 5.98. The molecule has 8 heteroatoms. The first kappa shape index (κ1) is 20.6. The highest BCUT2D eigenvalue weighted by molar-refractivity contribution is 5.92. The Bertz CT molecular complexity index is 898. The molecule has 1 aliphatic carbocycles. The van der Waals surface area contributed by atoms with Crippen LogP contribution in [0.4, 0.5) is 5.69 Å². The fraction of sp³-hybridized carbons (Fsp3) is 0.500. The minimum absolute atomic E-state index is 0.0127. The Morgan fingerprint density at radius 3 is 2.20 bits per heavy atom. The van der Waals surface area contributed by atoms with E-state index >= 15 is 0 Å². The summed E-state index contributed by atoms with van der Waals surface area (Å²) in [4.78, 5) is 27.2. The molecule has 1 saturated carbocycles. The number of carbonyl (C=O) groups is 2. The number of carbonyl (C=O) groups excluding carboxylic acids is 2. The number of amides is 2. The number of hydrogen-bond acceptors (Lipinski definition) is 3. The van der Waals surface area contributed by atoms with Crippen molar-refractivity contribution in [3.63, 3.8) is 0 Å². The number of benzene rings is 1. The minimum Gasteiger partial charge on any atom is -0.348 e. The SMILES string of the molecule is Cc1nn(-c2ccccc2)c(C)c1NC(=O)C[NH+]1CC[NH+](CC(=O)NC2CC2)CC1. The molecule has 4 rings (SSSR count). The molecule has 2 heterocycles. The summed E-state index contributed by atoms with van der Waals surface area (Å²) in [5.74, 6) is 0.175. The van der Waals surface area contributed by atoms with Crippen molar-refractivity contribution in [1.29, 1.82) is 0 Å². The molecule has 0 bridgehead atoms. The fourth-order valence-electron chi connectivity index (χ4n) is 4.10. The Hall–Kier alpha value is -2.71. The molecular weight excluding hydrogens is 380 g/mol. The van der Waals surface area contributed by atoms with Crippen LogP contribution in [0.3, 0.4) is 0 Å². The minimum atomic E-state index is 0.0127. The molecule has 2 amide bonds. The first-order chi connectivity index (χ1) is 14.5. The number of nitrogens with zero attached hydrogens (tertiary/aromatic N) is 2. The molecule has 0 radical (unpaired) electrons. The van der Waals surface area contributed by atoms with E-state index in [-0.39, 0.29) is 11.8 Å². The average Bonchev–Trinajstić information content (AvgIpc) is 3.50. The van der Waals surface area contributed by atoms with Crippen LogP contribution in [-0.4, -0.2) is 66.9 Å². The lowest BCUT2D eigenvalue weighted by molar-refractivity contribution is -1.00. The van der Waals surface area contributed by atoms with E-state index in [9.17, 15) is 9.59 Å². The van der Waals surface area contributed by atoms with Gasteiger partial charge in [-0.3, -0.25) is 9.59 Å². The monoisotopic (exact) mass is 412 g/mol. The summed E-state index contributed by atoms with van der Waals surface area (Å²) < 4.78 is 1.87. The van der Waals surface area contributed by atoms with Crippen molar-refractivity contribution in [2.24, 2.45) is 0 Å². The largest absolute Gasteiger partial charge is 0.348 e. The Morgan fingerprint density at radius 1 is 1.00 bits per heavy atom. The number of aryl methyl sites for hydroxylation is 1. The van der Waals surface area contributed by atoms with Crippen LogP contribution in [0.5, 0.6) is 0 Å². The Morgan fingerprint density at radius 2 is 1.60 bits per heavy atom. The number of hydrogen-bond donors (Lipinski definition) is 4. The third kappa shape index (κ3) is 5.06. The van der Waals surface area contributed by atoms with Gasteiger partial charge in [0.15, 0.2) is 13.1 Å². The first-order valence-electron chi connectivity index (χ1n) is 10.9. The van der Waals surface area contributed by atoms with Crippen LogP contribution in [0.2, 0.25) is 0 Å². The summed E-state index contributed by atoms with van der Waals surface area (Å²) in [6.07, 6.45) is 2.24. The van der Waals surface area contributed by atoms with Crippen LogP contribution in [0.25, 0.3) is 5.69 Å². The summed E-state index contributed by atoms with van der Waals surface area (Å²) in [5, 5.41) is 10.7. The second-order valence-electron chi connectivity index (χ2n) is 8.54. The van der Waals surface area contributed by atoms with Gasteiger partial charge in [-0.1, -0.05) is 18.2 Å². The zero-order valence-electron chi connectivity index (χ0n) is 17.8. The molecule has 1 aromatic heterocycles. The zero-order valence-corrected chi connectivity index (χ0v) is 17.8. The maximum absolute atomic E-state index is 12.7. The van der Waals surface area contributed by atoms with Crippen LogP contribution in [0, 0.1) is 13.8 Å². The first-order valence-corrected chi connectivity index (χ1v) is 10.9. The molecular formula is C22H32N6O2+2. The van der Waals surface area contributed by atoms with Gasteiger partial charge in [-0.15, -0.1) is 0 Å². The second kappa shape index (κ2) is 8.97. The topological polar surface area (TPSA) is 84.9 Å². The number of quaternary nitrogens is 2.